The number of unbranched alkanes of at least 4 members (excludes halogenated alkanes) is 3. The van der Waals surface area contributed by atoms with Crippen LogP contribution in [0.5, 0.6) is 0 Å². The minimum atomic E-state index is -0.970. The highest BCUT2D eigenvalue weighted by molar-refractivity contribution is 5.80. The van der Waals surface area contributed by atoms with E-state index in [2.05, 4.69) is 0 Å². The zero-order chi connectivity index (χ0) is 18.0. The molecule has 0 radical (unpaired) electrons. The molecule has 1 atom stereocenters. The first-order chi connectivity index (χ1) is 11.6. The third kappa shape index (κ3) is 16.3. The largest absolute Gasteiger partial charge is 0.512 e. The van der Waals surface area contributed by atoms with Gasteiger partial charge in [0, 0.05) is 12.5 Å². The van der Waals surface area contributed by atoms with Crippen LogP contribution in [0.2, 0.25) is 0 Å². The van der Waals surface area contributed by atoms with Crippen molar-refractivity contribution in [2.24, 2.45) is 0 Å². The summed E-state index contributed by atoms with van der Waals surface area (Å²) in [5.41, 5.74) is 0. The number of carboxylic acids is 1. The first-order valence-electron chi connectivity index (χ1n) is 8.53. The van der Waals surface area contributed by atoms with Crippen LogP contribution in [0.25, 0.3) is 0 Å². The van der Waals surface area contributed by atoms with Gasteiger partial charge >= 0.3 is 5.97 Å². The van der Waals surface area contributed by atoms with Gasteiger partial charge in [-0.15, -0.1) is 0 Å². The molecule has 0 saturated heterocycles. The summed E-state index contributed by atoms with van der Waals surface area (Å²) in [6, 6.07) is 0. The molecule has 1 unspecified atom stereocenters. The molecule has 0 aliphatic carbocycles. The van der Waals surface area contributed by atoms with E-state index in [1.54, 1.807) is 42.5 Å². The number of carbonyl (C=O) groups is 1. The molecule has 0 aromatic rings. The summed E-state index contributed by atoms with van der Waals surface area (Å²) in [5.74, 6) is -0.601. The topological polar surface area (TPSA) is 77.8 Å². The summed E-state index contributed by atoms with van der Waals surface area (Å²) in [6.45, 7) is 1.99. The molecule has 0 aromatic carbocycles. The molecular weight excluding hydrogens is 304 g/mol. The van der Waals surface area contributed by atoms with E-state index in [0.29, 0.717) is 12.2 Å². The molecule has 0 aromatic heterocycles. The molecule has 0 fully saturated rings. The van der Waals surface area contributed by atoms with Crippen LogP contribution in [0, 0.1) is 0 Å². The van der Waals surface area contributed by atoms with Crippen molar-refractivity contribution in [3.8, 4) is 0 Å². The SMILES string of the molecule is CCC(O)CCCCCC/C(O)=C/C=C/C=C/C=C/C=C/C(=O)O. The Morgan fingerprint density at radius 2 is 1.46 bits per heavy atom. The Morgan fingerprint density at radius 3 is 2.08 bits per heavy atom. The highest BCUT2D eigenvalue weighted by Gasteiger charge is 1.99. The van der Waals surface area contributed by atoms with Gasteiger partial charge in [0.05, 0.1) is 11.9 Å². The molecule has 0 amide bonds. The first kappa shape index (κ1) is 21.9. The number of hydrogen-bond donors (Lipinski definition) is 3. The van der Waals surface area contributed by atoms with Crippen LogP contribution in [0.3, 0.4) is 0 Å². The number of carboxylic acid groups (broad SMARTS) is 1. The third-order valence-corrected chi connectivity index (χ3v) is 3.39. The van der Waals surface area contributed by atoms with Crippen molar-refractivity contribution in [3.05, 3.63) is 60.4 Å². The molecule has 0 aliphatic heterocycles. The lowest BCUT2D eigenvalue weighted by molar-refractivity contribution is -0.131. The Balaban J connectivity index is 3.76. The highest BCUT2D eigenvalue weighted by atomic mass is 16.4. The van der Waals surface area contributed by atoms with E-state index < -0.39 is 5.97 Å². The minimum Gasteiger partial charge on any atom is -0.512 e. The average Bonchev–Trinajstić information content (AvgIpc) is 2.55. The first-order valence-corrected chi connectivity index (χ1v) is 8.53. The van der Waals surface area contributed by atoms with Crippen molar-refractivity contribution >= 4 is 5.97 Å². The van der Waals surface area contributed by atoms with Crippen LogP contribution < -0.4 is 0 Å². The molecule has 0 spiro atoms. The average molecular weight is 334 g/mol. The van der Waals surface area contributed by atoms with Crippen LogP contribution in [-0.4, -0.2) is 27.4 Å². The van der Waals surface area contributed by atoms with Gasteiger partial charge in [-0.3, -0.25) is 0 Å². The van der Waals surface area contributed by atoms with Crippen LogP contribution in [0.1, 0.15) is 51.9 Å². The van der Waals surface area contributed by atoms with Gasteiger partial charge in [0.25, 0.3) is 0 Å². The molecule has 0 bridgehead atoms. The molecule has 24 heavy (non-hydrogen) atoms. The van der Waals surface area contributed by atoms with Gasteiger partial charge in [-0.1, -0.05) is 68.7 Å². The monoisotopic (exact) mass is 334 g/mol. The van der Waals surface area contributed by atoms with E-state index in [1.807, 2.05) is 6.92 Å². The quantitative estimate of drug-likeness (QED) is 0.195. The Hall–Kier alpha value is -2.07. The summed E-state index contributed by atoms with van der Waals surface area (Å²) in [4.78, 5) is 10.2. The molecule has 0 heterocycles. The summed E-state index contributed by atoms with van der Waals surface area (Å²) < 4.78 is 0. The summed E-state index contributed by atoms with van der Waals surface area (Å²) in [6.07, 6.45) is 21.0. The van der Waals surface area contributed by atoms with Gasteiger partial charge in [0.15, 0.2) is 0 Å². The van der Waals surface area contributed by atoms with Gasteiger partial charge in [0.2, 0.25) is 0 Å². The second-order valence-electron chi connectivity index (χ2n) is 5.53. The molecule has 4 heteroatoms. The highest BCUT2D eigenvalue weighted by Crippen LogP contribution is 2.11. The van der Waals surface area contributed by atoms with Crippen molar-refractivity contribution in [1.82, 2.24) is 0 Å². The van der Waals surface area contributed by atoms with Gasteiger partial charge in [-0.2, -0.15) is 0 Å². The van der Waals surface area contributed by atoms with E-state index in [1.165, 1.54) is 6.08 Å². The Kier molecular flexibility index (Phi) is 14.4. The molecule has 4 nitrogen and oxygen atoms in total. The number of allylic oxidation sites excluding steroid dienone is 9. The van der Waals surface area contributed by atoms with Gasteiger partial charge in [0.1, 0.15) is 0 Å². The predicted molar refractivity (Wildman–Crippen MR) is 98.9 cm³/mol. The molecule has 3 N–H and O–H groups in total. The van der Waals surface area contributed by atoms with E-state index in [9.17, 15) is 15.0 Å². The van der Waals surface area contributed by atoms with Gasteiger partial charge < -0.3 is 15.3 Å². The van der Waals surface area contributed by atoms with Crippen molar-refractivity contribution < 1.29 is 20.1 Å². The second-order valence-corrected chi connectivity index (χ2v) is 5.53. The molecular formula is C20H30O4. The lowest BCUT2D eigenvalue weighted by atomic mass is 10.1. The molecule has 0 aliphatic rings. The summed E-state index contributed by atoms with van der Waals surface area (Å²) >= 11 is 0. The van der Waals surface area contributed by atoms with Crippen molar-refractivity contribution in [2.45, 2.75) is 58.0 Å². The fourth-order valence-electron chi connectivity index (χ4n) is 1.95. The maximum absolute atomic E-state index is 10.2. The zero-order valence-electron chi connectivity index (χ0n) is 14.5. The Bertz CT molecular complexity index is 470. The summed E-state index contributed by atoms with van der Waals surface area (Å²) in [7, 11) is 0. The number of hydrogen-bond acceptors (Lipinski definition) is 3. The molecule has 0 saturated carbocycles. The maximum atomic E-state index is 10.2. The van der Waals surface area contributed by atoms with E-state index in [0.717, 1.165) is 44.6 Å². The van der Waals surface area contributed by atoms with Crippen LogP contribution in [-0.2, 0) is 4.79 Å². The second kappa shape index (κ2) is 15.8. The standard InChI is InChI=1S/C20H30O4/c1-2-18(21)14-10-8-9-12-16-19(22)15-11-6-4-3-5-7-13-17-20(23)24/h3-7,11,13,15,17-18,21-22H,2,8-10,12,14,16H2,1H3,(H,23,24)/b4-3+,7-5+,11-6+,17-13+,19-15-. The van der Waals surface area contributed by atoms with Crippen molar-refractivity contribution in [3.63, 3.8) is 0 Å². The lowest BCUT2D eigenvalue weighted by Crippen LogP contribution is -2.03. The summed E-state index contributed by atoms with van der Waals surface area (Å²) in [5, 5.41) is 27.5. The number of aliphatic hydroxyl groups excluding tert-OH is 2. The van der Waals surface area contributed by atoms with E-state index in [4.69, 9.17) is 5.11 Å². The third-order valence-electron chi connectivity index (χ3n) is 3.39. The maximum Gasteiger partial charge on any atom is 0.328 e. The fourth-order valence-corrected chi connectivity index (χ4v) is 1.95. The van der Waals surface area contributed by atoms with Crippen LogP contribution in [0.15, 0.2) is 60.4 Å². The van der Waals surface area contributed by atoms with Gasteiger partial charge in [-0.25, -0.2) is 4.79 Å². The Morgan fingerprint density at radius 1 is 0.875 bits per heavy atom. The van der Waals surface area contributed by atoms with Crippen LogP contribution >= 0.6 is 0 Å². The minimum absolute atomic E-state index is 0.167. The predicted octanol–water partition coefficient (Wildman–Crippen LogP) is 4.85. The van der Waals surface area contributed by atoms with E-state index >= 15 is 0 Å². The molecule has 134 valence electrons. The normalized spacial score (nSPS) is 14.5. The number of aliphatic hydroxyl groups is 2. The smallest absolute Gasteiger partial charge is 0.328 e. The molecule has 0 rings (SSSR count). The van der Waals surface area contributed by atoms with Crippen molar-refractivity contribution in [1.29, 1.82) is 0 Å². The fraction of sp³-hybridized carbons (Fsp3) is 0.450. The van der Waals surface area contributed by atoms with E-state index in [-0.39, 0.29) is 6.10 Å². The Labute approximate surface area is 145 Å². The lowest BCUT2D eigenvalue weighted by Gasteiger charge is -2.06. The van der Waals surface area contributed by atoms with Crippen LogP contribution in [0.4, 0.5) is 0 Å². The van der Waals surface area contributed by atoms with Crippen molar-refractivity contribution in [2.75, 3.05) is 0 Å². The van der Waals surface area contributed by atoms with Gasteiger partial charge in [-0.05, 0) is 25.3 Å². The number of rotatable bonds is 13. The zero-order valence-corrected chi connectivity index (χ0v) is 14.5. The number of aliphatic carboxylic acids is 1.